The average Bonchev–Trinajstić information content (AvgIpc) is 2.39. The maximum atomic E-state index is 12.5. The summed E-state index contributed by atoms with van der Waals surface area (Å²) in [6, 6.07) is 8.86. The van der Waals surface area contributed by atoms with E-state index in [9.17, 15) is 14.4 Å². The van der Waals surface area contributed by atoms with Gasteiger partial charge in [0.15, 0.2) is 5.78 Å². The molecule has 3 heteroatoms. The Hall–Kier alpha value is -1.77. The van der Waals surface area contributed by atoms with E-state index in [2.05, 4.69) is 0 Å². The third-order valence-corrected chi connectivity index (χ3v) is 3.77. The van der Waals surface area contributed by atoms with Crippen molar-refractivity contribution in [3.05, 3.63) is 35.9 Å². The molecule has 19 heavy (non-hydrogen) atoms. The molecule has 1 aliphatic rings. The van der Waals surface area contributed by atoms with Gasteiger partial charge >= 0.3 is 0 Å². The van der Waals surface area contributed by atoms with Gasteiger partial charge in [0.2, 0.25) is 0 Å². The number of hydrogen-bond acceptors (Lipinski definition) is 3. The SMILES string of the molecule is CC(=O)C(C(=O)c1ccccc1)C1CCCC(=O)C1. The van der Waals surface area contributed by atoms with Crippen LogP contribution >= 0.6 is 0 Å². The van der Waals surface area contributed by atoms with E-state index in [1.54, 1.807) is 24.3 Å². The zero-order valence-electron chi connectivity index (χ0n) is 11.1. The molecule has 100 valence electrons. The third-order valence-electron chi connectivity index (χ3n) is 3.77. The largest absolute Gasteiger partial charge is 0.300 e. The van der Waals surface area contributed by atoms with Crippen LogP contribution in [0.5, 0.6) is 0 Å². The van der Waals surface area contributed by atoms with Crippen LogP contribution in [0.25, 0.3) is 0 Å². The lowest BCUT2D eigenvalue weighted by atomic mass is 9.74. The van der Waals surface area contributed by atoms with Crippen LogP contribution in [-0.4, -0.2) is 17.3 Å². The Morgan fingerprint density at radius 1 is 1.21 bits per heavy atom. The van der Waals surface area contributed by atoms with Gasteiger partial charge in [-0.05, 0) is 25.7 Å². The molecule has 0 aromatic heterocycles. The Labute approximate surface area is 113 Å². The smallest absolute Gasteiger partial charge is 0.173 e. The lowest BCUT2D eigenvalue weighted by molar-refractivity contribution is -0.124. The highest BCUT2D eigenvalue weighted by atomic mass is 16.2. The minimum atomic E-state index is -0.661. The fourth-order valence-corrected chi connectivity index (χ4v) is 2.86. The summed E-state index contributed by atoms with van der Waals surface area (Å²) in [5.41, 5.74) is 0.556. The first-order valence-corrected chi connectivity index (χ1v) is 6.71. The van der Waals surface area contributed by atoms with E-state index in [0.717, 1.165) is 12.8 Å². The van der Waals surface area contributed by atoms with Crippen molar-refractivity contribution in [2.75, 3.05) is 0 Å². The highest BCUT2D eigenvalue weighted by Gasteiger charge is 2.35. The fourth-order valence-electron chi connectivity index (χ4n) is 2.86. The fraction of sp³-hybridized carbons (Fsp3) is 0.438. The molecule has 2 atom stereocenters. The maximum Gasteiger partial charge on any atom is 0.173 e. The standard InChI is InChI=1S/C16H18O3/c1-11(17)15(13-8-5-9-14(18)10-13)16(19)12-6-3-2-4-7-12/h2-4,6-7,13,15H,5,8-10H2,1H3. The van der Waals surface area contributed by atoms with E-state index < -0.39 is 5.92 Å². The van der Waals surface area contributed by atoms with Gasteiger partial charge in [-0.2, -0.15) is 0 Å². The summed E-state index contributed by atoms with van der Waals surface area (Å²) in [5.74, 6) is -0.886. The molecule has 0 radical (unpaired) electrons. The number of Topliss-reactive ketones (excluding diaryl/α,β-unsaturated/α-hetero) is 3. The van der Waals surface area contributed by atoms with Crippen molar-refractivity contribution in [3.63, 3.8) is 0 Å². The molecule has 1 aliphatic carbocycles. The number of carbonyl (C=O) groups is 3. The first-order chi connectivity index (χ1) is 9.09. The van der Waals surface area contributed by atoms with Gasteiger partial charge in [-0.25, -0.2) is 0 Å². The summed E-state index contributed by atoms with van der Waals surface area (Å²) in [7, 11) is 0. The number of benzene rings is 1. The summed E-state index contributed by atoms with van der Waals surface area (Å²) >= 11 is 0. The summed E-state index contributed by atoms with van der Waals surface area (Å²) in [5, 5.41) is 0. The quantitative estimate of drug-likeness (QED) is 0.616. The second-order valence-corrected chi connectivity index (χ2v) is 5.21. The summed E-state index contributed by atoms with van der Waals surface area (Å²) < 4.78 is 0. The Kier molecular flexibility index (Phi) is 4.25. The zero-order valence-corrected chi connectivity index (χ0v) is 11.1. The van der Waals surface area contributed by atoms with Crippen molar-refractivity contribution in [2.45, 2.75) is 32.6 Å². The Bertz CT molecular complexity index is 490. The van der Waals surface area contributed by atoms with Gasteiger partial charge in [-0.1, -0.05) is 30.3 Å². The Morgan fingerprint density at radius 2 is 1.89 bits per heavy atom. The molecule has 1 saturated carbocycles. The van der Waals surface area contributed by atoms with Crippen molar-refractivity contribution in [1.82, 2.24) is 0 Å². The molecule has 0 spiro atoms. The predicted molar refractivity (Wildman–Crippen MR) is 71.9 cm³/mol. The molecule has 1 fully saturated rings. The lowest BCUT2D eigenvalue weighted by Gasteiger charge is -2.26. The molecule has 0 heterocycles. The molecular formula is C16H18O3. The van der Waals surface area contributed by atoms with E-state index in [1.165, 1.54) is 6.92 Å². The molecule has 0 amide bonds. The van der Waals surface area contributed by atoms with Crippen LogP contribution < -0.4 is 0 Å². The second kappa shape index (κ2) is 5.91. The topological polar surface area (TPSA) is 51.2 Å². The van der Waals surface area contributed by atoms with E-state index in [4.69, 9.17) is 0 Å². The summed E-state index contributed by atoms with van der Waals surface area (Å²) in [6.45, 7) is 1.45. The number of rotatable bonds is 4. The molecule has 2 rings (SSSR count). The molecule has 0 bridgehead atoms. The van der Waals surface area contributed by atoms with Crippen LogP contribution in [0.1, 0.15) is 43.0 Å². The van der Waals surface area contributed by atoms with E-state index >= 15 is 0 Å². The molecule has 1 aromatic rings. The number of carbonyl (C=O) groups excluding carboxylic acids is 3. The normalized spacial score (nSPS) is 20.9. The van der Waals surface area contributed by atoms with Crippen molar-refractivity contribution in [1.29, 1.82) is 0 Å². The van der Waals surface area contributed by atoms with Gasteiger partial charge in [-0.15, -0.1) is 0 Å². The van der Waals surface area contributed by atoms with E-state index in [-0.39, 0.29) is 23.3 Å². The van der Waals surface area contributed by atoms with Crippen molar-refractivity contribution in [2.24, 2.45) is 11.8 Å². The highest BCUT2D eigenvalue weighted by Crippen LogP contribution is 2.31. The second-order valence-electron chi connectivity index (χ2n) is 5.21. The lowest BCUT2D eigenvalue weighted by Crippen LogP contribution is -2.33. The Morgan fingerprint density at radius 3 is 2.47 bits per heavy atom. The first-order valence-electron chi connectivity index (χ1n) is 6.71. The average molecular weight is 258 g/mol. The van der Waals surface area contributed by atoms with Crippen LogP contribution in [0.4, 0.5) is 0 Å². The minimum Gasteiger partial charge on any atom is -0.300 e. The van der Waals surface area contributed by atoms with Crippen LogP contribution in [-0.2, 0) is 9.59 Å². The minimum absolute atomic E-state index is 0.119. The van der Waals surface area contributed by atoms with E-state index in [1.807, 2.05) is 6.07 Å². The first kappa shape index (κ1) is 13.7. The van der Waals surface area contributed by atoms with Gasteiger partial charge < -0.3 is 0 Å². The van der Waals surface area contributed by atoms with Crippen molar-refractivity contribution >= 4 is 17.3 Å². The zero-order chi connectivity index (χ0) is 13.8. The van der Waals surface area contributed by atoms with Crippen molar-refractivity contribution in [3.8, 4) is 0 Å². The summed E-state index contributed by atoms with van der Waals surface area (Å²) in [4.78, 5) is 35.8. The molecule has 3 nitrogen and oxygen atoms in total. The van der Waals surface area contributed by atoms with E-state index in [0.29, 0.717) is 18.4 Å². The molecule has 2 unspecified atom stereocenters. The molecule has 0 saturated heterocycles. The van der Waals surface area contributed by atoms with Crippen molar-refractivity contribution < 1.29 is 14.4 Å². The van der Waals surface area contributed by atoms with Gasteiger partial charge in [0.1, 0.15) is 11.6 Å². The summed E-state index contributed by atoms with van der Waals surface area (Å²) in [6.07, 6.45) is 2.52. The monoisotopic (exact) mass is 258 g/mol. The highest BCUT2D eigenvalue weighted by molar-refractivity contribution is 6.10. The Balaban J connectivity index is 2.23. The molecule has 1 aromatic carbocycles. The molecule has 0 aliphatic heterocycles. The third kappa shape index (κ3) is 3.16. The van der Waals surface area contributed by atoms with Gasteiger partial charge in [0, 0.05) is 18.4 Å². The van der Waals surface area contributed by atoms with Crippen LogP contribution in [0, 0.1) is 11.8 Å². The van der Waals surface area contributed by atoms with Gasteiger partial charge in [0.25, 0.3) is 0 Å². The number of hydrogen-bond donors (Lipinski definition) is 0. The van der Waals surface area contributed by atoms with Gasteiger partial charge in [0.05, 0.1) is 5.92 Å². The molecule has 0 N–H and O–H groups in total. The van der Waals surface area contributed by atoms with Crippen LogP contribution in [0.3, 0.4) is 0 Å². The van der Waals surface area contributed by atoms with Crippen LogP contribution in [0.15, 0.2) is 30.3 Å². The van der Waals surface area contributed by atoms with Crippen LogP contribution in [0.2, 0.25) is 0 Å². The molecular weight excluding hydrogens is 240 g/mol. The number of ketones is 3. The maximum absolute atomic E-state index is 12.5. The van der Waals surface area contributed by atoms with Gasteiger partial charge in [-0.3, -0.25) is 14.4 Å². The predicted octanol–water partition coefficient (Wildman–Crippen LogP) is 2.83.